The van der Waals surface area contributed by atoms with Gasteiger partial charge in [0.15, 0.2) is 0 Å². The third-order valence-electron chi connectivity index (χ3n) is 11.7. The van der Waals surface area contributed by atoms with Crippen molar-refractivity contribution in [2.24, 2.45) is 0 Å². The zero-order valence-corrected chi connectivity index (χ0v) is 45.9. The number of aliphatic hydroxyl groups excluding tert-OH is 1. The van der Waals surface area contributed by atoms with Crippen LogP contribution in [-0.2, 0) is 18.4 Å². The zero-order valence-electron chi connectivity index (χ0n) is 45.0. The Morgan fingerprint density at radius 3 is 1.33 bits per heavy atom. The summed E-state index contributed by atoms with van der Waals surface area (Å²) in [4.78, 5) is 23.3. The summed E-state index contributed by atoms with van der Waals surface area (Å²) in [5, 5.41) is 13.9. The van der Waals surface area contributed by atoms with Crippen molar-refractivity contribution in [3.05, 3.63) is 109 Å². The SMILES string of the molecule is CC/C=C\C/C=C\C/C=C\C/C=C\C/C=C\C/C=C\CCCCCCCCCCC(=O)NC(COP(=O)(O)OCC[N+](C)(C)C)C(O)/C=C/CC/C=C/CC/C=C/CCCCCCCCCCCC. The second-order valence-corrected chi connectivity index (χ2v) is 21.0. The van der Waals surface area contributed by atoms with Crippen LogP contribution in [0.3, 0.4) is 0 Å². The van der Waals surface area contributed by atoms with Gasteiger partial charge in [0.2, 0.25) is 5.91 Å². The molecule has 0 spiro atoms. The molecule has 3 atom stereocenters. The molecule has 0 saturated carbocycles. The van der Waals surface area contributed by atoms with Crippen molar-refractivity contribution < 1.29 is 32.9 Å². The molecule has 3 N–H and O–H groups in total. The highest BCUT2D eigenvalue weighted by atomic mass is 31.2. The smallest absolute Gasteiger partial charge is 0.387 e. The number of phosphoric acid groups is 1. The van der Waals surface area contributed by atoms with Gasteiger partial charge < -0.3 is 19.8 Å². The van der Waals surface area contributed by atoms with Gasteiger partial charge in [-0.1, -0.05) is 220 Å². The summed E-state index contributed by atoms with van der Waals surface area (Å²) in [5.41, 5.74) is 0. The fraction of sp³-hybridized carbons (Fsp3) is 0.683. The lowest BCUT2D eigenvalue weighted by atomic mass is 10.1. The van der Waals surface area contributed by atoms with E-state index in [9.17, 15) is 19.4 Å². The van der Waals surface area contributed by atoms with E-state index in [0.29, 0.717) is 17.4 Å². The third-order valence-corrected chi connectivity index (χ3v) is 12.7. The molecule has 69 heavy (non-hydrogen) atoms. The summed E-state index contributed by atoms with van der Waals surface area (Å²) in [5.74, 6) is -0.204. The number of nitrogens with one attached hydrogen (secondary N) is 1. The minimum Gasteiger partial charge on any atom is -0.387 e. The van der Waals surface area contributed by atoms with Gasteiger partial charge in [0.05, 0.1) is 39.9 Å². The molecule has 0 fully saturated rings. The Morgan fingerprint density at radius 2 is 0.884 bits per heavy atom. The Balaban J connectivity index is 4.36. The van der Waals surface area contributed by atoms with E-state index < -0.39 is 20.0 Å². The standard InChI is InChI=1S/C60H105N2O6P/c1-6-8-10-12-14-16-18-20-22-24-26-28-29-30-31-32-33-34-36-38-40-42-44-46-48-50-52-54-60(64)61-58(57-68-69(65,66)67-56-55-62(3,4)5)59(63)53-51-49-47-45-43-41-39-37-35-27-25-23-21-19-17-15-13-11-9-7-2/h8,10,14,16,20,22,26,28,30-31,33-35,37,43,45,51,53,58-59,63H,6-7,9,11-13,15,17-19,21,23-25,27,29,32,36,38-42,44,46-50,52,54-57H2,1-5H3,(H-,61,64,65,66)/p+1/b10-8-,16-14-,22-20-,28-26-,31-30-,34-33-,37-35+,45-43+,53-51+. The van der Waals surface area contributed by atoms with Crippen LogP contribution < -0.4 is 5.32 Å². The Bertz CT molecular complexity index is 1490. The Kier molecular flexibility index (Phi) is 48.1. The molecule has 0 heterocycles. The number of nitrogens with zero attached hydrogens (tertiary/aromatic N) is 1. The van der Waals surface area contributed by atoms with E-state index in [2.05, 4.69) is 116 Å². The highest BCUT2D eigenvalue weighted by molar-refractivity contribution is 7.47. The number of rotatable bonds is 49. The van der Waals surface area contributed by atoms with Crippen LogP contribution in [0.15, 0.2) is 109 Å². The van der Waals surface area contributed by atoms with Crippen molar-refractivity contribution in [2.75, 3.05) is 40.9 Å². The molecule has 0 rings (SSSR count). The summed E-state index contributed by atoms with van der Waals surface area (Å²) < 4.78 is 23.7. The van der Waals surface area contributed by atoms with Gasteiger partial charge in [0.25, 0.3) is 0 Å². The molecule has 0 aliphatic rings. The van der Waals surface area contributed by atoms with Crippen molar-refractivity contribution in [3.8, 4) is 0 Å². The molecule has 0 bridgehead atoms. The average molecular weight is 982 g/mol. The van der Waals surface area contributed by atoms with Crippen LogP contribution in [-0.4, -0.2) is 73.4 Å². The summed E-state index contributed by atoms with van der Waals surface area (Å²) in [6.45, 7) is 4.66. The number of likely N-dealkylation sites (N-methyl/N-ethyl adjacent to an activating group) is 1. The van der Waals surface area contributed by atoms with E-state index in [4.69, 9.17) is 9.05 Å². The molecule has 0 saturated heterocycles. The van der Waals surface area contributed by atoms with Crippen LogP contribution in [0.4, 0.5) is 0 Å². The van der Waals surface area contributed by atoms with Gasteiger partial charge >= 0.3 is 7.82 Å². The van der Waals surface area contributed by atoms with Gasteiger partial charge in [0, 0.05) is 6.42 Å². The van der Waals surface area contributed by atoms with Crippen LogP contribution in [0.25, 0.3) is 0 Å². The minimum atomic E-state index is -4.37. The number of hydrogen-bond acceptors (Lipinski definition) is 5. The van der Waals surface area contributed by atoms with E-state index in [1.165, 1.54) is 96.3 Å². The lowest BCUT2D eigenvalue weighted by molar-refractivity contribution is -0.870. The Labute approximate surface area is 425 Å². The van der Waals surface area contributed by atoms with Gasteiger partial charge in [-0.2, -0.15) is 0 Å². The first kappa shape index (κ1) is 66.2. The molecule has 0 aromatic heterocycles. The summed E-state index contributed by atoms with van der Waals surface area (Å²) in [6, 6.07) is -0.883. The fourth-order valence-corrected chi connectivity index (χ4v) is 8.11. The van der Waals surface area contributed by atoms with Crippen LogP contribution >= 0.6 is 7.82 Å². The predicted octanol–water partition coefficient (Wildman–Crippen LogP) is 16.8. The van der Waals surface area contributed by atoms with E-state index in [0.717, 1.165) is 96.3 Å². The topological polar surface area (TPSA) is 105 Å². The van der Waals surface area contributed by atoms with Gasteiger partial charge in [-0.3, -0.25) is 13.8 Å². The second-order valence-electron chi connectivity index (χ2n) is 19.6. The van der Waals surface area contributed by atoms with Crippen molar-refractivity contribution in [3.63, 3.8) is 0 Å². The number of amides is 1. The summed E-state index contributed by atoms with van der Waals surface area (Å²) in [7, 11) is 1.52. The fourth-order valence-electron chi connectivity index (χ4n) is 7.37. The molecule has 9 heteroatoms. The van der Waals surface area contributed by atoms with Crippen molar-refractivity contribution in [1.82, 2.24) is 5.32 Å². The first-order valence-corrected chi connectivity index (χ1v) is 29.3. The Hall–Kier alpha value is -2.84. The first-order chi connectivity index (χ1) is 33.5. The minimum absolute atomic E-state index is 0.0459. The monoisotopic (exact) mass is 982 g/mol. The molecule has 0 aromatic rings. The number of hydrogen-bond donors (Lipinski definition) is 3. The van der Waals surface area contributed by atoms with Crippen LogP contribution in [0.5, 0.6) is 0 Å². The number of phosphoric ester groups is 1. The van der Waals surface area contributed by atoms with Gasteiger partial charge in [0.1, 0.15) is 13.2 Å². The molecule has 0 radical (unpaired) electrons. The predicted molar refractivity (Wildman–Crippen MR) is 299 cm³/mol. The number of carbonyl (C=O) groups is 1. The molecule has 8 nitrogen and oxygen atoms in total. The Morgan fingerprint density at radius 1 is 0.507 bits per heavy atom. The van der Waals surface area contributed by atoms with Crippen molar-refractivity contribution >= 4 is 13.7 Å². The summed E-state index contributed by atoms with van der Waals surface area (Å²) >= 11 is 0. The lowest BCUT2D eigenvalue weighted by Crippen LogP contribution is -2.45. The molecule has 0 aliphatic heterocycles. The third kappa shape index (κ3) is 52.8. The molecular weight excluding hydrogens is 876 g/mol. The summed E-state index contributed by atoms with van der Waals surface area (Å²) in [6.07, 6.45) is 73.2. The normalized spacial score (nSPS) is 14.8. The molecular formula is C60H106N2O6P+. The molecule has 3 unspecified atom stereocenters. The molecule has 1 amide bonds. The maximum atomic E-state index is 13.0. The van der Waals surface area contributed by atoms with E-state index in [1.54, 1.807) is 6.08 Å². The zero-order chi connectivity index (χ0) is 50.6. The number of unbranched alkanes of at least 4 members (excludes halogenated alkanes) is 20. The number of carbonyl (C=O) groups excluding carboxylic acids is 1. The largest absolute Gasteiger partial charge is 0.472 e. The number of allylic oxidation sites excluding steroid dienone is 17. The van der Waals surface area contributed by atoms with Crippen molar-refractivity contribution in [2.45, 2.75) is 225 Å². The number of quaternary nitrogens is 1. The van der Waals surface area contributed by atoms with Crippen LogP contribution in [0.1, 0.15) is 213 Å². The molecule has 0 aromatic carbocycles. The quantitative estimate of drug-likeness (QED) is 0.0243. The number of aliphatic hydroxyl groups is 1. The average Bonchev–Trinajstić information content (AvgIpc) is 3.31. The maximum Gasteiger partial charge on any atom is 0.472 e. The van der Waals surface area contributed by atoms with Gasteiger partial charge in [-0.15, -0.1) is 0 Å². The van der Waals surface area contributed by atoms with Gasteiger partial charge in [-0.05, 0) is 96.3 Å². The molecule has 0 aliphatic carbocycles. The van der Waals surface area contributed by atoms with E-state index in [-0.39, 0.29) is 19.1 Å². The first-order valence-electron chi connectivity index (χ1n) is 27.8. The highest BCUT2D eigenvalue weighted by Gasteiger charge is 2.27. The highest BCUT2D eigenvalue weighted by Crippen LogP contribution is 2.43. The van der Waals surface area contributed by atoms with Gasteiger partial charge in [-0.25, -0.2) is 4.57 Å². The van der Waals surface area contributed by atoms with Crippen LogP contribution in [0.2, 0.25) is 0 Å². The molecule has 396 valence electrons. The maximum absolute atomic E-state index is 13.0. The van der Waals surface area contributed by atoms with Crippen molar-refractivity contribution in [1.29, 1.82) is 0 Å². The van der Waals surface area contributed by atoms with E-state index in [1.807, 2.05) is 27.2 Å². The van der Waals surface area contributed by atoms with E-state index >= 15 is 0 Å². The van der Waals surface area contributed by atoms with Crippen LogP contribution in [0, 0.1) is 0 Å². The lowest BCUT2D eigenvalue weighted by Gasteiger charge is -2.25. The second kappa shape index (κ2) is 50.1.